The number of fused-ring (bicyclic) bond motifs is 1. The van der Waals surface area contributed by atoms with Crippen molar-refractivity contribution >= 4 is 5.82 Å². The first kappa shape index (κ1) is 12.3. The van der Waals surface area contributed by atoms with Gasteiger partial charge in [0, 0.05) is 24.3 Å². The summed E-state index contributed by atoms with van der Waals surface area (Å²) < 4.78 is 0. The van der Waals surface area contributed by atoms with Crippen LogP contribution in [0.2, 0.25) is 0 Å². The molecule has 0 aromatic carbocycles. The molecule has 4 nitrogen and oxygen atoms in total. The van der Waals surface area contributed by atoms with Crippen molar-refractivity contribution in [3.05, 3.63) is 17.6 Å². The maximum Gasteiger partial charge on any atom is 0.135 e. The van der Waals surface area contributed by atoms with E-state index in [2.05, 4.69) is 21.8 Å². The number of aryl methyl sites for hydroxylation is 1. The third-order valence-electron chi connectivity index (χ3n) is 3.40. The molecule has 1 aromatic rings. The van der Waals surface area contributed by atoms with E-state index in [-0.39, 0.29) is 6.61 Å². The van der Waals surface area contributed by atoms with Crippen LogP contribution in [0.1, 0.15) is 37.4 Å². The molecule has 0 bridgehead atoms. The number of aliphatic hydroxyl groups excluding tert-OH is 1. The number of hydrogen-bond donors (Lipinski definition) is 1. The van der Waals surface area contributed by atoms with Crippen LogP contribution in [0.5, 0.6) is 0 Å². The van der Waals surface area contributed by atoms with Crippen molar-refractivity contribution in [3.8, 4) is 0 Å². The molecule has 0 fully saturated rings. The van der Waals surface area contributed by atoms with E-state index in [9.17, 15) is 0 Å². The summed E-state index contributed by atoms with van der Waals surface area (Å²) in [5.74, 6) is 1.04. The number of aromatic nitrogens is 2. The van der Waals surface area contributed by atoms with Gasteiger partial charge in [-0.05, 0) is 32.6 Å². The van der Waals surface area contributed by atoms with E-state index in [0.29, 0.717) is 6.54 Å². The first-order chi connectivity index (χ1) is 8.36. The molecule has 1 N–H and O–H groups in total. The van der Waals surface area contributed by atoms with Gasteiger partial charge in [-0.2, -0.15) is 0 Å². The highest BCUT2D eigenvalue weighted by molar-refractivity contribution is 5.49. The molecule has 1 aliphatic rings. The van der Waals surface area contributed by atoms with Crippen LogP contribution in [-0.4, -0.2) is 34.8 Å². The molecule has 0 atom stereocenters. The standard InChI is InChI=1S/C13H21N3O/c1-2-16(8-9-17)13-11-6-4-3-5-7-12(11)14-10-15-13/h10,17H,2-9H2,1H3. The minimum Gasteiger partial charge on any atom is -0.395 e. The molecule has 17 heavy (non-hydrogen) atoms. The molecule has 0 saturated carbocycles. The molecule has 1 aromatic heterocycles. The molecule has 2 rings (SSSR count). The summed E-state index contributed by atoms with van der Waals surface area (Å²) in [5.41, 5.74) is 2.52. The van der Waals surface area contributed by atoms with Gasteiger partial charge in [-0.3, -0.25) is 0 Å². The number of rotatable bonds is 4. The van der Waals surface area contributed by atoms with E-state index in [1.807, 2.05) is 0 Å². The van der Waals surface area contributed by atoms with Gasteiger partial charge < -0.3 is 10.0 Å². The van der Waals surface area contributed by atoms with Crippen LogP contribution in [0.3, 0.4) is 0 Å². The zero-order chi connectivity index (χ0) is 12.1. The van der Waals surface area contributed by atoms with Gasteiger partial charge in [-0.15, -0.1) is 0 Å². The molecule has 1 aliphatic carbocycles. The lowest BCUT2D eigenvalue weighted by Crippen LogP contribution is -2.28. The lowest BCUT2D eigenvalue weighted by molar-refractivity contribution is 0.302. The number of hydrogen-bond acceptors (Lipinski definition) is 4. The molecule has 94 valence electrons. The van der Waals surface area contributed by atoms with E-state index < -0.39 is 0 Å². The monoisotopic (exact) mass is 235 g/mol. The third kappa shape index (κ3) is 2.75. The van der Waals surface area contributed by atoms with Crippen LogP contribution >= 0.6 is 0 Å². The van der Waals surface area contributed by atoms with Crippen LogP contribution in [0.25, 0.3) is 0 Å². The summed E-state index contributed by atoms with van der Waals surface area (Å²) in [6.07, 6.45) is 7.55. The fraction of sp³-hybridized carbons (Fsp3) is 0.692. The lowest BCUT2D eigenvalue weighted by Gasteiger charge is -2.24. The zero-order valence-corrected chi connectivity index (χ0v) is 10.5. The number of nitrogens with zero attached hydrogens (tertiary/aromatic N) is 3. The van der Waals surface area contributed by atoms with Crippen molar-refractivity contribution < 1.29 is 5.11 Å². The maximum atomic E-state index is 9.10. The Morgan fingerprint density at radius 3 is 2.82 bits per heavy atom. The molecule has 0 aliphatic heterocycles. The van der Waals surface area contributed by atoms with Gasteiger partial charge in [0.05, 0.1) is 6.61 Å². The Labute approximate surface area is 103 Å². The first-order valence-corrected chi connectivity index (χ1v) is 6.55. The average Bonchev–Trinajstić information content (AvgIpc) is 2.60. The smallest absolute Gasteiger partial charge is 0.135 e. The quantitative estimate of drug-likeness (QED) is 0.805. The third-order valence-corrected chi connectivity index (χ3v) is 3.40. The van der Waals surface area contributed by atoms with E-state index in [1.165, 1.54) is 30.5 Å². The van der Waals surface area contributed by atoms with Crippen LogP contribution in [-0.2, 0) is 12.8 Å². The predicted molar refractivity (Wildman–Crippen MR) is 68.3 cm³/mol. The van der Waals surface area contributed by atoms with Gasteiger partial charge in [-0.25, -0.2) is 9.97 Å². The molecule has 0 spiro atoms. The van der Waals surface area contributed by atoms with Gasteiger partial charge in [0.2, 0.25) is 0 Å². The van der Waals surface area contributed by atoms with Crippen molar-refractivity contribution in [3.63, 3.8) is 0 Å². The normalized spacial score (nSPS) is 15.2. The SMILES string of the molecule is CCN(CCO)c1ncnc2c1CCCCC2. The predicted octanol–water partition coefficient (Wildman–Crippen LogP) is 1.56. The minimum absolute atomic E-state index is 0.173. The summed E-state index contributed by atoms with van der Waals surface area (Å²) in [6, 6.07) is 0. The van der Waals surface area contributed by atoms with Gasteiger partial charge in [0.25, 0.3) is 0 Å². The van der Waals surface area contributed by atoms with Crippen molar-refractivity contribution in [2.24, 2.45) is 0 Å². The molecule has 0 saturated heterocycles. The Morgan fingerprint density at radius 2 is 2.06 bits per heavy atom. The second-order valence-corrected chi connectivity index (χ2v) is 4.49. The van der Waals surface area contributed by atoms with Gasteiger partial charge in [-0.1, -0.05) is 6.42 Å². The molecule has 4 heteroatoms. The number of aliphatic hydroxyl groups is 1. The highest BCUT2D eigenvalue weighted by Gasteiger charge is 2.17. The van der Waals surface area contributed by atoms with Gasteiger partial charge >= 0.3 is 0 Å². The van der Waals surface area contributed by atoms with Crippen molar-refractivity contribution in [1.29, 1.82) is 0 Å². The fourth-order valence-electron chi connectivity index (χ4n) is 2.49. The first-order valence-electron chi connectivity index (χ1n) is 6.55. The number of likely N-dealkylation sites (N-methyl/N-ethyl adjacent to an activating group) is 1. The fourth-order valence-corrected chi connectivity index (χ4v) is 2.49. The van der Waals surface area contributed by atoms with Crippen LogP contribution in [0.4, 0.5) is 5.82 Å². The molecular formula is C13H21N3O. The largest absolute Gasteiger partial charge is 0.395 e. The van der Waals surface area contributed by atoms with Gasteiger partial charge in [0.15, 0.2) is 0 Å². The van der Waals surface area contributed by atoms with Gasteiger partial charge in [0.1, 0.15) is 12.1 Å². The summed E-state index contributed by atoms with van der Waals surface area (Å²) in [6.45, 7) is 3.80. The van der Waals surface area contributed by atoms with Crippen LogP contribution in [0.15, 0.2) is 6.33 Å². The highest BCUT2D eigenvalue weighted by Crippen LogP contribution is 2.26. The van der Waals surface area contributed by atoms with Crippen molar-refractivity contribution in [2.45, 2.75) is 39.0 Å². The summed E-state index contributed by atoms with van der Waals surface area (Å²) in [4.78, 5) is 11.0. The molecule has 0 unspecified atom stereocenters. The Kier molecular flexibility index (Phi) is 4.31. The second-order valence-electron chi connectivity index (χ2n) is 4.49. The zero-order valence-electron chi connectivity index (χ0n) is 10.5. The van der Waals surface area contributed by atoms with E-state index >= 15 is 0 Å². The van der Waals surface area contributed by atoms with Crippen molar-refractivity contribution in [1.82, 2.24) is 9.97 Å². The Balaban J connectivity index is 2.32. The Morgan fingerprint density at radius 1 is 1.24 bits per heavy atom. The number of anilines is 1. The summed E-state index contributed by atoms with van der Waals surface area (Å²) in [7, 11) is 0. The Bertz CT molecular complexity index is 368. The second kappa shape index (κ2) is 5.96. The maximum absolute atomic E-state index is 9.10. The molecular weight excluding hydrogens is 214 g/mol. The van der Waals surface area contributed by atoms with E-state index in [1.54, 1.807) is 6.33 Å². The molecule has 1 heterocycles. The Hall–Kier alpha value is -1.16. The van der Waals surface area contributed by atoms with E-state index in [0.717, 1.165) is 25.2 Å². The highest BCUT2D eigenvalue weighted by atomic mass is 16.3. The summed E-state index contributed by atoms with van der Waals surface area (Å²) in [5, 5.41) is 9.10. The van der Waals surface area contributed by atoms with Crippen LogP contribution in [0, 0.1) is 0 Å². The summed E-state index contributed by atoms with van der Waals surface area (Å²) >= 11 is 0. The lowest BCUT2D eigenvalue weighted by atomic mass is 10.1. The van der Waals surface area contributed by atoms with E-state index in [4.69, 9.17) is 5.11 Å². The molecule has 0 amide bonds. The molecule has 0 radical (unpaired) electrons. The van der Waals surface area contributed by atoms with Crippen molar-refractivity contribution in [2.75, 3.05) is 24.6 Å². The minimum atomic E-state index is 0.173. The average molecular weight is 235 g/mol. The topological polar surface area (TPSA) is 49.2 Å². The van der Waals surface area contributed by atoms with Crippen LogP contribution < -0.4 is 4.90 Å².